The van der Waals surface area contributed by atoms with E-state index in [1.165, 1.54) is 18.2 Å². The van der Waals surface area contributed by atoms with Crippen LogP contribution in [0.15, 0.2) is 71.3 Å². The third-order valence-corrected chi connectivity index (χ3v) is 4.96. The Labute approximate surface area is 172 Å². The van der Waals surface area contributed by atoms with Gasteiger partial charge in [0, 0.05) is 28.7 Å². The van der Waals surface area contributed by atoms with E-state index in [0.717, 1.165) is 5.56 Å². The van der Waals surface area contributed by atoms with Gasteiger partial charge in [-0.2, -0.15) is 0 Å². The first-order valence-electron chi connectivity index (χ1n) is 9.13. The zero-order valence-electron chi connectivity index (χ0n) is 15.7. The molecule has 0 fully saturated rings. The zero-order valence-corrected chi connectivity index (χ0v) is 16.5. The molecule has 2 aromatic heterocycles. The number of nitrogens with zero attached hydrogens (tertiary/aromatic N) is 2. The van der Waals surface area contributed by atoms with Crippen molar-refractivity contribution in [2.45, 2.75) is 13.5 Å². The predicted molar refractivity (Wildman–Crippen MR) is 112 cm³/mol. The summed E-state index contributed by atoms with van der Waals surface area (Å²) in [7, 11) is 0. The third kappa shape index (κ3) is 4.15. The van der Waals surface area contributed by atoms with Crippen LogP contribution in [-0.2, 0) is 6.54 Å². The second-order valence-electron chi connectivity index (χ2n) is 6.79. The summed E-state index contributed by atoms with van der Waals surface area (Å²) in [6, 6.07) is 17.3. The summed E-state index contributed by atoms with van der Waals surface area (Å²) >= 11 is 6.11. The smallest absolute Gasteiger partial charge is 0.217 e. The number of carbonyl (C=O) groups is 1. The highest BCUT2D eigenvalue weighted by atomic mass is 35.5. The molecule has 0 spiro atoms. The molecule has 4 aromatic rings. The van der Waals surface area contributed by atoms with E-state index in [2.05, 4.69) is 4.98 Å². The summed E-state index contributed by atoms with van der Waals surface area (Å²) in [5, 5.41) is 1.23. The Bertz CT molecular complexity index is 1170. The Morgan fingerprint density at radius 3 is 2.76 bits per heavy atom. The molecule has 0 amide bonds. The van der Waals surface area contributed by atoms with E-state index in [1.54, 1.807) is 19.2 Å². The maximum absolute atomic E-state index is 13.6. The number of anilines is 1. The number of hydrogen-bond donors (Lipinski definition) is 0. The summed E-state index contributed by atoms with van der Waals surface area (Å²) in [5.41, 5.74) is 2.08. The lowest BCUT2D eigenvalue weighted by molar-refractivity contribution is 0.0973. The van der Waals surface area contributed by atoms with Crippen molar-refractivity contribution in [1.29, 1.82) is 0 Å². The van der Waals surface area contributed by atoms with E-state index in [1.807, 2.05) is 41.3 Å². The quantitative estimate of drug-likeness (QED) is 0.377. The first-order chi connectivity index (χ1) is 14.0. The fourth-order valence-corrected chi connectivity index (χ4v) is 3.53. The van der Waals surface area contributed by atoms with E-state index < -0.39 is 0 Å². The van der Waals surface area contributed by atoms with Gasteiger partial charge in [0.25, 0.3) is 0 Å². The number of Topliss-reactive ketones (excluding diaryl/α,β-unsaturated/α-hetero) is 1. The van der Waals surface area contributed by atoms with E-state index in [-0.39, 0.29) is 23.9 Å². The Hall–Kier alpha value is -3.18. The largest absolute Gasteiger partial charge is 0.453 e. The standard InChI is InChI=1S/C23H18ClFN2O2/c1-15-19-12-18(25)8-9-21(19)29-23(15)20(28)14-27(22-7-2-3-10-26-22)13-16-5-4-6-17(24)11-16/h2-12H,13-14H2,1H3. The molecule has 146 valence electrons. The highest BCUT2D eigenvalue weighted by Gasteiger charge is 2.21. The highest BCUT2D eigenvalue weighted by Crippen LogP contribution is 2.27. The van der Waals surface area contributed by atoms with E-state index in [4.69, 9.17) is 16.0 Å². The number of hydrogen-bond acceptors (Lipinski definition) is 4. The Kier molecular flexibility index (Phi) is 5.32. The number of halogens is 2. The van der Waals surface area contributed by atoms with Gasteiger partial charge in [0.15, 0.2) is 5.76 Å². The van der Waals surface area contributed by atoms with Crippen LogP contribution < -0.4 is 4.90 Å². The van der Waals surface area contributed by atoms with Gasteiger partial charge in [0.05, 0.1) is 6.54 Å². The molecule has 0 aliphatic heterocycles. The maximum Gasteiger partial charge on any atom is 0.217 e. The molecule has 2 heterocycles. The molecular formula is C23H18ClFN2O2. The summed E-state index contributed by atoms with van der Waals surface area (Å²) < 4.78 is 19.3. The topological polar surface area (TPSA) is 46.3 Å². The van der Waals surface area contributed by atoms with Crippen molar-refractivity contribution < 1.29 is 13.6 Å². The Morgan fingerprint density at radius 2 is 2.00 bits per heavy atom. The van der Waals surface area contributed by atoms with Crippen LogP contribution in [0.1, 0.15) is 21.7 Å². The molecule has 0 aliphatic rings. The van der Waals surface area contributed by atoms with Crippen LogP contribution >= 0.6 is 11.6 Å². The van der Waals surface area contributed by atoms with Crippen LogP contribution in [0.5, 0.6) is 0 Å². The molecule has 0 N–H and O–H groups in total. The number of benzene rings is 2. The van der Waals surface area contributed by atoms with E-state index >= 15 is 0 Å². The number of fused-ring (bicyclic) bond motifs is 1. The number of rotatable bonds is 6. The molecule has 0 saturated heterocycles. The van der Waals surface area contributed by atoms with Crippen LogP contribution in [-0.4, -0.2) is 17.3 Å². The molecular weight excluding hydrogens is 391 g/mol. The van der Waals surface area contributed by atoms with Crippen LogP contribution in [0.3, 0.4) is 0 Å². The minimum Gasteiger partial charge on any atom is -0.453 e. The summed E-state index contributed by atoms with van der Waals surface area (Å²) in [6.45, 7) is 2.28. The van der Waals surface area contributed by atoms with Crippen LogP contribution in [0.4, 0.5) is 10.2 Å². The summed E-state index contributed by atoms with van der Waals surface area (Å²) in [4.78, 5) is 19.3. The average Bonchev–Trinajstić information content (AvgIpc) is 3.04. The fourth-order valence-electron chi connectivity index (χ4n) is 3.32. The van der Waals surface area contributed by atoms with Gasteiger partial charge in [-0.3, -0.25) is 4.79 Å². The normalized spacial score (nSPS) is 11.0. The zero-order chi connectivity index (χ0) is 20.4. The molecule has 0 radical (unpaired) electrons. The van der Waals surface area contributed by atoms with Crippen molar-refractivity contribution in [2.75, 3.05) is 11.4 Å². The lowest BCUT2D eigenvalue weighted by atomic mass is 10.1. The number of ketones is 1. The second kappa shape index (κ2) is 8.05. The Balaban J connectivity index is 1.65. The van der Waals surface area contributed by atoms with Crippen molar-refractivity contribution in [2.24, 2.45) is 0 Å². The van der Waals surface area contributed by atoms with Gasteiger partial charge in [-0.1, -0.05) is 29.8 Å². The van der Waals surface area contributed by atoms with Crippen LogP contribution in [0, 0.1) is 12.7 Å². The van der Waals surface area contributed by atoms with Crippen molar-refractivity contribution in [1.82, 2.24) is 4.98 Å². The molecule has 4 nitrogen and oxygen atoms in total. The van der Waals surface area contributed by atoms with Crippen LogP contribution in [0.2, 0.25) is 5.02 Å². The highest BCUT2D eigenvalue weighted by molar-refractivity contribution is 6.30. The van der Waals surface area contributed by atoms with E-state index in [0.29, 0.717) is 33.9 Å². The SMILES string of the molecule is Cc1c(C(=O)CN(Cc2cccc(Cl)c2)c2ccccn2)oc2ccc(F)cc12. The summed E-state index contributed by atoms with van der Waals surface area (Å²) in [5.74, 6) is 0.335. The molecule has 4 rings (SSSR count). The monoisotopic (exact) mass is 408 g/mol. The lowest BCUT2D eigenvalue weighted by Gasteiger charge is -2.23. The minimum absolute atomic E-state index is 0.0622. The van der Waals surface area contributed by atoms with Gasteiger partial charge in [-0.05, 0) is 55.0 Å². The number of pyridine rings is 1. The van der Waals surface area contributed by atoms with Crippen molar-refractivity contribution in [3.63, 3.8) is 0 Å². The molecule has 29 heavy (non-hydrogen) atoms. The first kappa shape index (κ1) is 19.2. The molecule has 2 aromatic carbocycles. The van der Waals surface area contributed by atoms with Gasteiger partial charge in [-0.25, -0.2) is 9.37 Å². The fraction of sp³-hybridized carbons (Fsp3) is 0.130. The Morgan fingerprint density at radius 1 is 1.14 bits per heavy atom. The number of aromatic nitrogens is 1. The minimum atomic E-state index is -0.364. The van der Waals surface area contributed by atoms with Crippen molar-refractivity contribution in [3.05, 3.63) is 94.6 Å². The first-order valence-corrected chi connectivity index (χ1v) is 9.51. The third-order valence-electron chi connectivity index (χ3n) is 4.72. The van der Waals surface area contributed by atoms with Crippen LogP contribution in [0.25, 0.3) is 11.0 Å². The molecule has 0 unspecified atom stereocenters. The second-order valence-corrected chi connectivity index (χ2v) is 7.23. The van der Waals surface area contributed by atoms with Crippen molar-refractivity contribution >= 4 is 34.2 Å². The van der Waals surface area contributed by atoms with Crippen molar-refractivity contribution in [3.8, 4) is 0 Å². The number of carbonyl (C=O) groups excluding carboxylic acids is 1. The van der Waals surface area contributed by atoms with Gasteiger partial charge in [0.1, 0.15) is 17.2 Å². The van der Waals surface area contributed by atoms with Gasteiger partial charge in [-0.15, -0.1) is 0 Å². The van der Waals surface area contributed by atoms with Gasteiger partial charge in [0.2, 0.25) is 5.78 Å². The number of furan rings is 1. The number of aryl methyl sites for hydroxylation is 1. The van der Waals surface area contributed by atoms with Gasteiger partial charge >= 0.3 is 0 Å². The molecule has 0 aliphatic carbocycles. The molecule has 0 bridgehead atoms. The predicted octanol–water partition coefficient (Wildman–Crippen LogP) is 5.82. The molecule has 6 heteroatoms. The summed E-state index contributed by atoms with van der Waals surface area (Å²) in [6.07, 6.45) is 1.68. The lowest BCUT2D eigenvalue weighted by Crippen LogP contribution is -2.30. The molecule has 0 atom stereocenters. The van der Waals surface area contributed by atoms with E-state index in [9.17, 15) is 9.18 Å². The maximum atomic E-state index is 13.6. The average molecular weight is 409 g/mol. The van der Waals surface area contributed by atoms with Gasteiger partial charge < -0.3 is 9.32 Å². The molecule has 0 saturated carbocycles.